The van der Waals surface area contributed by atoms with Gasteiger partial charge in [-0.15, -0.1) is 0 Å². The fraction of sp³-hybridized carbons (Fsp3) is 0.667. The van der Waals surface area contributed by atoms with Crippen LogP contribution in [0.2, 0.25) is 0 Å². The monoisotopic (exact) mass is 772 g/mol. The first-order valence-electron chi connectivity index (χ1n) is 20.5. The third-order valence-electron chi connectivity index (χ3n) is 14.1. The molecule has 3 saturated carbocycles. The largest absolute Gasteiger partial charge is 0.453 e. The number of fused-ring (bicyclic) bond motifs is 3. The summed E-state index contributed by atoms with van der Waals surface area (Å²) in [6.07, 6.45) is 11.2. The molecule has 0 radical (unpaired) electrons. The number of nitrogens with one attached hydrogen (secondary N) is 2. The van der Waals surface area contributed by atoms with Crippen molar-refractivity contribution in [3.63, 3.8) is 0 Å². The first-order valence-corrected chi connectivity index (χ1v) is 20.5. The second-order valence-electron chi connectivity index (χ2n) is 17.2. The lowest BCUT2D eigenvalue weighted by atomic mass is 9.50. The highest BCUT2D eigenvalue weighted by molar-refractivity contribution is 5.95. The average Bonchev–Trinajstić information content (AvgIpc) is 4.07. The Bertz CT molecular complexity index is 1800. The van der Waals surface area contributed by atoms with Crippen molar-refractivity contribution in [1.82, 2.24) is 34.9 Å². The van der Waals surface area contributed by atoms with Gasteiger partial charge in [-0.1, -0.05) is 38.1 Å². The summed E-state index contributed by atoms with van der Waals surface area (Å²) < 4.78 is 9.77. The molecule has 3 aliphatic carbocycles. The minimum atomic E-state index is -0.618. The van der Waals surface area contributed by atoms with E-state index in [1.807, 2.05) is 29.8 Å². The number of imidazole rings is 1. The number of ether oxygens (including phenoxy) is 2. The summed E-state index contributed by atoms with van der Waals surface area (Å²) in [5, 5.41) is 3.84. The van der Waals surface area contributed by atoms with Gasteiger partial charge in [0, 0.05) is 27.2 Å². The molecule has 4 heterocycles. The number of hydrogen-bond acceptors (Lipinski definition) is 9. The number of amidine groups is 1. The molecule has 2 N–H and O–H groups in total. The highest BCUT2D eigenvalue weighted by atomic mass is 16.5. The number of likely N-dealkylation sites (N-methyl/N-ethyl adjacent to an activating group) is 2. The van der Waals surface area contributed by atoms with Gasteiger partial charge in [0.2, 0.25) is 11.8 Å². The predicted molar refractivity (Wildman–Crippen MR) is 212 cm³/mol. The number of hydrogen-bond donors (Lipinski definition) is 2. The number of methoxy groups -OCH3 is 2. The molecular weight excluding hydrogens is 713 g/mol. The third kappa shape index (κ3) is 7.01. The zero-order valence-electron chi connectivity index (χ0n) is 34.2. The number of aliphatic imine (C=N–C) groups is 1. The highest BCUT2D eigenvalue weighted by Gasteiger charge is 2.54. The molecule has 14 nitrogen and oxygen atoms in total. The van der Waals surface area contributed by atoms with Crippen LogP contribution in [0.1, 0.15) is 102 Å². The standard InChI is InChI=1S/C42H60N8O6/c1-26(2)34(48(5)40(54)56-7)38(52)50-23-9-10-31(50)35-43-24-30(45-35)28-12-14-29(15-13-28)41-16-19-42(20-17-41,21-18-41)33-25-44-36(46-33)32-11-8-22-49(32)37(51)27(3)47(4)39(53)55-6/h12-15,24,26-27,31-34H,8-11,16-23,25H2,1-7H3,(H,43,45)(H,44,46)/t27?,31-,32-,33?,34-,41?,42?/m0/s1. The van der Waals surface area contributed by atoms with Gasteiger partial charge in [-0.3, -0.25) is 24.4 Å². The van der Waals surface area contributed by atoms with Crippen LogP contribution >= 0.6 is 0 Å². The molecule has 0 spiro atoms. The zero-order valence-corrected chi connectivity index (χ0v) is 34.2. The summed E-state index contributed by atoms with van der Waals surface area (Å²) in [7, 11) is 5.89. The molecule has 5 fully saturated rings. The smallest absolute Gasteiger partial charge is 0.409 e. The Balaban J connectivity index is 0.965. The first kappa shape index (κ1) is 39.6. The number of amides is 4. The molecule has 14 heteroatoms. The van der Waals surface area contributed by atoms with Gasteiger partial charge in [0.15, 0.2) is 0 Å². The molecule has 2 bridgehead atoms. The molecule has 56 heavy (non-hydrogen) atoms. The Morgan fingerprint density at radius 1 is 0.821 bits per heavy atom. The van der Waals surface area contributed by atoms with Crippen LogP contribution in [0, 0.1) is 11.3 Å². The molecule has 4 amide bonds. The zero-order chi connectivity index (χ0) is 39.9. The maximum Gasteiger partial charge on any atom is 0.409 e. The molecule has 6 aliphatic rings. The summed E-state index contributed by atoms with van der Waals surface area (Å²) in [5.41, 5.74) is 3.77. The Labute approximate surface area is 330 Å². The Morgan fingerprint density at radius 3 is 2.02 bits per heavy atom. The maximum atomic E-state index is 13.8. The van der Waals surface area contributed by atoms with Crippen LogP contribution in [-0.2, 0) is 24.5 Å². The fourth-order valence-electron chi connectivity index (χ4n) is 10.5. The summed E-state index contributed by atoms with van der Waals surface area (Å²) in [6.45, 7) is 7.69. The second kappa shape index (κ2) is 15.7. The molecule has 1 aromatic heterocycles. The van der Waals surface area contributed by atoms with Crippen molar-refractivity contribution in [2.24, 2.45) is 16.3 Å². The minimum Gasteiger partial charge on any atom is -0.453 e. The highest BCUT2D eigenvalue weighted by Crippen LogP contribution is 2.59. The lowest BCUT2D eigenvalue weighted by Gasteiger charge is -2.56. The summed E-state index contributed by atoms with van der Waals surface area (Å²) in [5.74, 6) is 1.48. The van der Waals surface area contributed by atoms with Crippen molar-refractivity contribution >= 4 is 29.8 Å². The molecule has 5 atom stereocenters. The summed E-state index contributed by atoms with van der Waals surface area (Å²) in [4.78, 5) is 71.6. The summed E-state index contributed by atoms with van der Waals surface area (Å²) in [6, 6.07) is 7.80. The van der Waals surface area contributed by atoms with E-state index in [1.54, 1.807) is 21.0 Å². The number of rotatable bonds is 10. The van der Waals surface area contributed by atoms with Gasteiger partial charge in [-0.25, -0.2) is 14.6 Å². The van der Waals surface area contributed by atoms with Crippen LogP contribution in [0.5, 0.6) is 0 Å². The van der Waals surface area contributed by atoms with Gasteiger partial charge in [-0.05, 0) is 99.0 Å². The van der Waals surface area contributed by atoms with Gasteiger partial charge in [0.25, 0.3) is 0 Å². The van der Waals surface area contributed by atoms with Crippen molar-refractivity contribution in [3.05, 3.63) is 41.9 Å². The van der Waals surface area contributed by atoms with E-state index in [0.717, 1.165) is 93.7 Å². The van der Waals surface area contributed by atoms with Gasteiger partial charge >= 0.3 is 12.2 Å². The fourth-order valence-corrected chi connectivity index (χ4v) is 10.5. The SMILES string of the molecule is COC(=O)N(C)C(C)C(=O)N1CCC[C@H]1C1=NCC(C23CCC(c4ccc(-c5cnc([C@@H]6CCCN6C(=O)[C@H](C(C)C)N(C)C(=O)OC)[nH]5)cc4)(CC2)CC3)N1. The Hall–Kier alpha value is -4.62. The predicted octanol–water partition coefficient (Wildman–Crippen LogP) is 5.50. The molecule has 1 aromatic carbocycles. The lowest BCUT2D eigenvalue weighted by molar-refractivity contribution is -0.138. The minimum absolute atomic E-state index is 0.0698. The normalized spacial score (nSPS) is 28.1. The van der Waals surface area contributed by atoms with Crippen molar-refractivity contribution in [2.45, 2.75) is 121 Å². The maximum absolute atomic E-state index is 13.8. The van der Waals surface area contributed by atoms with E-state index in [2.05, 4.69) is 34.6 Å². The van der Waals surface area contributed by atoms with Crippen LogP contribution in [0.3, 0.4) is 0 Å². The molecular formula is C42H60N8O6. The average molecular weight is 773 g/mol. The van der Waals surface area contributed by atoms with Crippen LogP contribution < -0.4 is 5.32 Å². The van der Waals surface area contributed by atoms with Gasteiger partial charge in [0.1, 0.15) is 23.7 Å². The van der Waals surface area contributed by atoms with Crippen molar-refractivity contribution in [1.29, 1.82) is 0 Å². The van der Waals surface area contributed by atoms with Crippen LogP contribution in [0.4, 0.5) is 9.59 Å². The topological polar surface area (TPSA) is 153 Å². The quantitative estimate of drug-likeness (QED) is 0.321. The second-order valence-corrected chi connectivity index (χ2v) is 17.2. The van der Waals surface area contributed by atoms with Crippen molar-refractivity contribution in [3.8, 4) is 11.3 Å². The number of aromatic amines is 1. The van der Waals surface area contributed by atoms with E-state index < -0.39 is 24.3 Å². The third-order valence-corrected chi connectivity index (χ3v) is 14.1. The number of nitrogens with zero attached hydrogens (tertiary/aromatic N) is 6. The van der Waals surface area contributed by atoms with Gasteiger partial charge < -0.3 is 29.6 Å². The van der Waals surface area contributed by atoms with Crippen LogP contribution in [0.15, 0.2) is 35.5 Å². The van der Waals surface area contributed by atoms with Crippen LogP contribution in [-0.4, -0.2) is 132 Å². The van der Waals surface area contributed by atoms with Gasteiger partial charge in [0.05, 0.1) is 50.8 Å². The van der Waals surface area contributed by atoms with E-state index in [0.29, 0.717) is 13.1 Å². The molecule has 8 rings (SSSR count). The van der Waals surface area contributed by atoms with E-state index >= 15 is 0 Å². The number of carbonyl (C=O) groups excluding carboxylic acids is 4. The number of H-pyrrole nitrogens is 1. The Morgan fingerprint density at radius 2 is 1.41 bits per heavy atom. The molecule has 3 aliphatic heterocycles. The number of aromatic nitrogens is 2. The van der Waals surface area contributed by atoms with Crippen molar-refractivity contribution < 1.29 is 28.7 Å². The van der Waals surface area contributed by atoms with Gasteiger partial charge in [-0.2, -0.15) is 0 Å². The van der Waals surface area contributed by atoms with Crippen molar-refractivity contribution in [2.75, 3.05) is 47.9 Å². The molecule has 2 saturated heterocycles. The van der Waals surface area contributed by atoms with Crippen LogP contribution in [0.25, 0.3) is 11.3 Å². The number of benzene rings is 1. The Kier molecular flexibility index (Phi) is 11.1. The van der Waals surface area contributed by atoms with E-state index in [1.165, 1.54) is 29.6 Å². The molecule has 2 unspecified atom stereocenters. The summed E-state index contributed by atoms with van der Waals surface area (Å²) >= 11 is 0. The molecule has 304 valence electrons. The number of carbonyl (C=O) groups is 4. The molecule has 2 aromatic rings. The number of likely N-dealkylation sites (tertiary alicyclic amines) is 2. The first-order chi connectivity index (χ1) is 26.8. The lowest BCUT2D eigenvalue weighted by Crippen LogP contribution is -2.57. The van der Waals surface area contributed by atoms with E-state index in [-0.39, 0.29) is 46.7 Å². The van der Waals surface area contributed by atoms with E-state index in [9.17, 15) is 19.2 Å². The van der Waals surface area contributed by atoms with E-state index in [4.69, 9.17) is 19.5 Å².